The number of para-hydroxylation sites is 1. The summed E-state index contributed by atoms with van der Waals surface area (Å²) in [5.74, 6) is 0.963. The fourth-order valence-electron chi connectivity index (χ4n) is 4.32. The van der Waals surface area contributed by atoms with Gasteiger partial charge < -0.3 is 0 Å². The molecule has 1 atom stereocenters. The predicted octanol–water partition coefficient (Wildman–Crippen LogP) is 10.2. The minimum absolute atomic E-state index is 0.260. The van der Waals surface area contributed by atoms with Crippen molar-refractivity contribution in [3.63, 3.8) is 0 Å². The van der Waals surface area contributed by atoms with Crippen LogP contribution in [-0.4, -0.2) is 4.57 Å². The van der Waals surface area contributed by atoms with Gasteiger partial charge in [0.1, 0.15) is 24.1 Å². The van der Waals surface area contributed by atoms with Gasteiger partial charge in [0.15, 0.2) is 0 Å². The molecule has 0 amide bonds. The number of halogens is 6. The average Bonchev–Trinajstić information content (AvgIpc) is 3.25. The number of hydrogen-bond acceptors (Lipinski definition) is 0. The van der Waals surface area contributed by atoms with Crippen LogP contribution in [0.25, 0.3) is 16.5 Å². The average molecular weight is 529 g/mol. The summed E-state index contributed by atoms with van der Waals surface area (Å²) in [5.41, 5.74) is 5.49. The molecule has 0 saturated heterocycles. The molecule has 1 aromatic heterocycles. The molecule has 0 aliphatic rings. The second-order valence-corrected chi connectivity index (χ2v) is 11.5. The van der Waals surface area contributed by atoms with Gasteiger partial charge in [-0.05, 0) is 29.5 Å². The first kappa shape index (κ1) is 27.7. The van der Waals surface area contributed by atoms with Crippen LogP contribution in [0.3, 0.4) is 0 Å². The maximum absolute atomic E-state index is 10.7. The molecule has 9 heteroatoms. The molecule has 36 heavy (non-hydrogen) atoms. The maximum atomic E-state index is 9.87. The fraction of sp³-hybridized carbons (Fsp3) is 0.296. The van der Waals surface area contributed by atoms with E-state index < -0.39 is 7.81 Å². The number of imidazole rings is 1. The molecule has 2 nitrogen and oxygen atoms in total. The quantitative estimate of drug-likeness (QED) is 0.138. The van der Waals surface area contributed by atoms with Crippen LogP contribution in [0.1, 0.15) is 69.2 Å². The van der Waals surface area contributed by atoms with Gasteiger partial charge in [0, 0.05) is 16.7 Å². The zero-order valence-corrected chi connectivity index (χ0v) is 21.7. The van der Waals surface area contributed by atoms with Crippen molar-refractivity contribution in [2.75, 3.05) is 0 Å². The number of nitrogens with zero attached hydrogens (tertiary/aromatic N) is 2. The monoisotopic (exact) mass is 528 g/mol. The van der Waals surface area contributed by atoms with E-state index >= 15 is 0 Å². The SMILES string of the molecule is CC(C)c1cccc(C(C)C)c1-n1cc[n+]([C@H](C)c2cccc3ccccc23)c1.F[P-](F)(F)(F)(F)F. The molecule has 0 radical (unpaired) electrons. The van der Waals surface area contributed by atoms with Crippen LogP contribution in [0.2, 0.25) is 0 Å². The van der Waals surface area contributed by atoms with E-state index in [0.29, 0.717) is 11.8 Å². The third-order valence-corrected chi connectivity index (χ3v) is 5.98. The van der Waals surface area contributed by atoms with Crippen LogP contribution in [0.15, 0.2) is 79.4 Å². The van der Waals surface area contributed by atoms with Gasteiger partial charge in [0.25, 0.3) is 0 Å². The Morgan fingerprint density at radius 3 is 1.69 bits per heavy atom. The van der Waals surface area contributed by atoms with Crippen molar-refractivity contribution in [2.45, 2.75) is 52.5 Å². The Kier molecular flexibility index (Phi) is 7.10. The van der Waals surface area contributed by atoms with E-state index in [9.17, 15) is 25.2 Å². The molecule has 1 heterocycles. The number of rotatable bonds is 5. The molecule has 0 aliphatic carbocycles. The Hall–Kier alpha value is -2.86. The van der Waals surface area contributed by atoms with E-state index in [1.54, 1.807) is 0 Å². The molecule has 0 N–H and O–H groups in total. The summed E-state index contributed by atoms with van der Waals surface area (Å²) in [5, 5.41) is 2.62. The molecular formula is C27H31F6N2P. The van der Waals surface area contributed by atoms with Crippen LogP contribution < -0.4 is 4.57 Å². The zero-order chi connectivity index (χ0) is 27.0. The Morgan fingerprint density at radius 1 is 0.667 bits per heavy atom. The van der Waals surface area contributed by atoms with Crippen LogP contribution in [0, 0.1) is 0 Å². The number of fused-ring (bicyclic) bond motifs is 1. The van der Waals surface area contributed by atoms with Gasteiger partial charge >= 0.3 is 33.0 Å². The number of benzene rings is 3. The van der Waals surface area contributed by atoms with Gasteiger partial charge in [-0.2, -0.15) is 0 Å². The number of hydrogen-bond donors (Lipinski definition) is 0. The van der Waals surface area contributed by atoms with Crippen molar-refractivity contribution in [2.24, 2.45) is 0 Å². The predicted molar refractivity (Wildman–Crippen MR) is 135 cm³/mol. The third kappa shape index (κ3) is 7.57. The Labute approximate surface area is 207 Å². The van der Waals surface area contributed by atoms with E-state index in [2.05, 4.69) is 123 Å². The van der Waals surface area contributed by atoms with E-state index in [-0.39, 0.29) is 6.04 Å². The van der Waals surface area contributed by atoms with Crippen molar-refractivity contribution < 1.29 is 29.7 Å². The van der Waals surface area contributed by atoms with Gasteiger partial charge in [-0.25, -0.2) is 9.13 Å². The molecule has 0 saturated carbocycles. The van der Waals surface area contributed by atoms with Gasteiger partial charge in [-0.3, -0.25) is 0 Å². The van der Waals surface area contributed by atoms with Crippen molar-refractivity contribution in [3.8, 4) is 5.69 Å². The normalized spacial score (nSPS) is 14.8. The first-order chi connectivity index (χ1) is 16.4. The first-order valence-corrected chi connectivity index (χ1v) is 13.7. The third-order valence-electron chi connectivity index (χ3n) is 5.98. The van der Waals surface area contributed by atoms with Gasteiger partial charge in [-0.15, -0.1) is 0 Å². The van der Waals surface area contributed by atoms with Crippen molar-refractivity contribution in [1.82, 2.24) is 4.57 Å². The summed E-state index contributed by atoms with van der Waals surface area (Å²) in [6.07, 6.45) is 6.65. The summed E-state index contributed by atoms with van der Waals surface area (Å²) in [6, 6.07) is 22.2. The van der Waals surface area contributed by atoms with Crippen molar-refractivity contribution >= 4 is 18.6 Å². The second-order valence-electron chi connectivity index (χ2n) is 9.57. The summed E-state index contributed by atoms with van der Waals surface area (Å²) >= 11 is 0. The fourth-order valence-corrected chi connectivity index (χ4v) is 4.32. The molecule has 3 aromatic carbocycles. The van der Waals surface area contributed by atoms with E-state index in [1.165, 1.54) is 33.2 Å². The summed E-state index contributed by atoms with van der Waals surface area (Å²) in [7, 11) is -10.7. The topological polar surface area (TPSA) is 8.81 Å². The Bertz CT molecular complexity index is 1320. The zero-order valence-electron chi connectivity index (χ0n) is 20.8. The van der Waals surface area contributed by atoms with Gasteiger partial charge in [-0.1, -0.05) is 88.4 Å². The van der Waals surface area contributed by atoms with Crippen LogP contribution in [-0.2, 0) is 0 Å². The molecule has 0 unspecified atom stereocenters. The Balaban J connectivity index is 0.000000454. The van der Waals surface area contributed by atoms with Crippen LogP contribution in [0.4, 0.5) is 25.2 Å². The molecule has 0 fully saturated rings. The molecule has 196 valence electrons. The van der Waals surface area contributed by atoms with Crippen LogP contribution >= 0.6 is 7.81 Å². The standard InChI is InChI=1S/C27H31N2.F6P/c1-19(2)23-13-9-14-24(20(3)4)27(23)29-17-16-28(18-29)21(5)25-15-8-11-22-10-6-7-12-26(22)25;1-7(2,3,4,5)6/h6-21H,1-5H3;/q+1;-1/t21-;/m1./s1. The van der Waals surface area contributed by atoms with E-state index in [0.717, 1.165) is 0 Å². The first-order valence-electron chi connectivity index (χ1n) is 11.7. The molecule has 0 aliphatic heterocycles. The summed E-state index contributed by atoms with van der Waals surface area (Å²) in [6.45, 7) is 11.4. The van der Waals surface area contributed by atoms with Crippen LogP contribution in [0.5, 0.6) is 0 Å². The van der Waals surface area contributed by atoms with E-state index in [1.807, 2.05) is 0 Å². The number of aromatic nitrogens is 2. The van der Waals surface area contributed by atoms with Crippen molar-refractivity contribution in [1.29, 1.82) is 0 Å². The summed E-state index contributed by atoms with van der Waals surface area (Å²) in [4.78, 5) is 0. The molecule has 4 aromatic rings. The summed E-state index contributed by atoms with van der Waals surface area (Å²) < 4.78 is 63.8. The van der Waals surface area contributed by atoms with E-state index in [4.69, 9.17) is 0 Å². The molecule has 0 spiro atoms. The van der Waals surface area contributed by atoms with Crippen molar-refractivity contribution in [3.05, 3.63) is 96.1 Å². The Morgan fingerprint density at radius 2 is 1.14 bits per heavy atom. The molecule has 0 bridgehead atoms. The van der Waals surface area contributed by atoms with Gasteiger partial charge in [0.2, 0.25) is 6.33 Å². The van der Waals surface area contributed by atoms with Gasteiger partial charge in [0.05, 0.1) is 0 Å². The molecular weight excluding hydrogens is 497 g/mol. The molecule has 4 rings (SSSR count). The minimum atomic E-state index is -10.7. The second kappa shape index (κ2) is 9.22.